The molecule has 0 bridgehead atoms. The van der Waals surface area contributed by atoms with Gasteiger partial charge in [-0.1, -0.05) is 27.2 Å². The van der Waals surface area contributed by atoms with Crippen molar-refractivity contribution in [1.29, 1.82) is 0 Å². The molecule has 6 heteroatoms. The summed E-state index contributed by atoms with van der Waals surface area (Å²) in [5.41, 5.74) is 0.177. The van der Waals surface area contributed by atoms with Crippen molar-refractivity contribution in [2.75, 3.05) is 33.2 Å². The summed E-state index contributed by atoms with van der Waals surface area (Å²) in [4.78, 5) is 0. The molecule has 124 valence electrons. The van der Waals surface area contributed by atoms with Gasteiger partial charge < -0.3 is 5.32 Å². The fourth-order valence-electron chi connectivity index (χ4n) is 3.51. The Morgan fingerprint density at radius 1 is 1.14 bits per heavy atom. The summed E-state index contributed by atoms with van der Waals surface area (Å²) in [6.45, 7) is 9.39. The summed E-state index contributed by atoms with van der Waals surface area (Å²) in [6.07, 6.45) is 4.06. The zero-order valence-electron chi connectivity index (χ0n) is 13.9. The number of likely N-dealkylation sites (N-methyl/N-ethyl adjacent to an activating group) is 1. The molecular formula is C15H31N3O2S. The van der Waals surface area contributed by atoms with Crippen LogP contribution in [0.3, 0.4) is 0 Å². The average Bonchev–Trinajstić information content (AvgIpc) is 2.90. The van der Waals surface area contributed by atoms with Crippen molar-refractivity contribution in [3.63, 3.8) is 0 Å². The van der Waals surface area contributed by atoms with Crippen LogP contribution in [0.25, 0.3) is 0 Å². The van der Waals surface area contributed by atoms with E-state index in [1.54, 1.807) is 8.61 Å². The minimum absolute atomic E-state index is 0.113. The molecule has 0 amide bonds. The predicted octanol–water partition coefficient (Wildman–Crippen LogP) is 1.67. The minimum atomic E-state index is -3.30. The van der Waals surface area contributed by atoms with Crippen molar-refractivity contribution in [2.24, 2.45) is 11.3 Å². The average molecular weight is 317 g/mol. The molecule has 0 saturated carbocycles. The molecule has 2 heterocycles. The first-order valence-electron chi connectivity index (χ1n) is 8.18. The molecule has 2 unspecified atom stereocenters. The minimum Gasteiger partial charge on any atom is -0.318 e. The SMILES string of the molecule is CNCC1CCCCN1S(=O)(=O)N1CCC(C(C)(C)C)C1. The first-order valence-corrected chi connectivity index (χ1v) is 9.58. The van der Waals surface area contributed by atoms with Crippen molar-refractivity contribution in [2.45, 2.75) is 52.5 Å². The van der Waals surface area contributed by atoms with Gasteiger partial charge in [0.1, 0.15) is 0 Å². The smallest absolute Gasteiger partial charge is 0.282 e. The Kier molecular flexibility index (Phi) is 5.34. The van der Waals surface area contributed by atoms with E-state index in [1.165, 1.54) is 0 Å². The van der Waals surface area contributed by atoms with Crippen molar-refractivity contribution >= 4 is 10.2 Å². The molecule has 0 aromatic heterocycles. The predicted molar refractivity (Wildman–Crippen MR) is 86.3 cm³/mol. The maximum Gasteiger partial charge on any atom is 0.282 e. The van der Waals surface area contributed by atoms with Crippen molar-refractivity contribution in [1.82, 2.24) is 13.9 Å². The highest BCUT2D eigenvalue weighted by molar-refractivity contribution is 7.86. The van der Waals surface area contributed by atoms with Gasteiger partial charge in [0, 0.05) is 32.2 Å². The van der Waals surface area contributed by atoms with Crippen LogP contribution in [0.4, 0.5) is 0 Å². The molecule has 21 heavy (non-hydrogen) atoms. The highest BCUT2D eigenvalue weighted by Crippen LogP contribution is 2.36. The summed E-state index contributed by atoms with van der Waals surface area (Å²) in [6, 6.07) is 0.113. The number of hydrogen-bond acceptors (Lipinski definition) is 3. The monoisotopic (exact) mass is 317 g/mol. The summed E-state index contributed by atoms with van der Waals surface area (Å²) in [5.74, 6) is 0.458. The van der Waals surface area contributed by atoms with Crippen LogP contribution in [0, 0.1) is 11.3 Å². The van der Waals surface area contributed by atoms with Crippen LogP contribution in [0.2, 0.25) is 0 Å². The molecule has 0 aromatic rings. The number of nitrogens with one attached hydrogen (secondary N) is 1. The fourth-order valence-corrected chi connectivity index (χ4v) is 5.43. The molecule has 0 aromatic carbocycles. The Morgan fingerprint density at radius 2 is 1.86 bits per heavy atom. The lowest BCUT2D eigenvalue weighted by Gasteiger charge is -2.37. The zero-order valence-corrected chi connectivity index (χ0v) is 14.7. The van der Waals surface area contributed by atoms with Crippen LogP contribution >= 0.6 is 0 Å². The van der Waals surface area contributed by atoms with Gasteiger partial charge in [-0.2, -0.15) is 17.0 Å². The summed E-state index contributed by atoms with van der Waals surface area (Å²) < 4.78 is 29.4. The van der Waals surface area contributed by atoms with Crippen molar-refractivity contribution < 1.29 is 8.42 Å². The third kappa shape index (κ3) is 3.78. The van der Waals surface area contributed by atoms with Crippen LogP contribution in [-0.4, -0.2) is 56.3 Å². The van der Waals surface area contributed by atoms with Gasteiger partial charge in [0.05, 0.1) is 0 Å². The Labute approximate surface area is 130 Å². The van der Waals surface area contributed by atoms with E-state index in [0.29, 0.717) is 25.6 Å². The van der Waals surface area contributed by atoms with E-state index in [9.17, 15) is 8.42 Å². The largest absolute Gasteiger partial charge is 0.318 e. The van der Waals surface area contributed by atoms with Crippen molar-refractivity contribution in [3.05, 3.63) is 0 Å². The first-order chi connectivity index (χ1) is 9.76. The third-order valence-electron chi connectivity index (χ3n) is 5.01. The van der Waals surface area contributed by atoms with E-state index in [1.807, 2.05) is 7.05 Å². The number of rotatable bonds is 4. The molecule has 2 fully saturated rings. The second-order valence-corrected chi connectivity index (χ2v) is 9.42. The summed E-state index contributed by atoms with van der Waals surface area (Å²) in [5, 5.41) is 3.14. The molecule has 5 nitrogen and oxygen atoms in total. The molecule has 2 atom stereocenters. The Morgan fingerprint density at radius 3 is 2.43 bits per heavy atom. The lowest BCUT2D eigenvalue weighted by atomic mass is 9.80. The Balaban J connectivity index is 2.10. The molecule has 0 spiro atoms. The molecule has 2 aliphatic heterocycles. The molecular weight excluding hydrogens is 286 g/mol. The van der Waals surface area contributed by atoms with Gasteiger partial charge in [0.2, 0.25) is 0 Å². The van der Waals surface area contributed by atoms with E-state index in [4.69, 9.17) is 0 Å². The van der Waals surface area contributed by atoms with Gasteiger partial charge in [0.25, 0.3) is 10.2 Å². The van der Waals surface area contributed by atoms with E-state index in [0.717, 1.165) is 32.2 Å². The van der Waals surface area contributed by atoms with Gasteiger partial charge in [-0.3, -0.25) is 0 Å². The maximum absolute atomic E-state index is 13.0. The van der Waals surface area contributed by atoms with Gasteiger partial charge in [-0.15, -0.1) is 0 Å². The molecule has 0 radical (unpaired) electrons. The second kappa shape index (κ2) is 6.52. The summed E-state index contributed by atoms with van der Waals surface area (Å²) in [7, 11) is -1.41. The number of hydrogen-bond donors (Lipinski definition) is 1. The molecule has 2 aliphatic rings. The quantitative estimate of drug-likeness (QED) is 0.858. The molecule has 1 N–H and O–H groups in total. The zero-order chi connectivity index (χ0) is 15.7. The lowest BCUT2D eigenvalue weighted by Crippen LogP contribution is -2.52. The summed E-state index contributed by atoms with van der Waals surface area (Å²) >= 11 is 0. The van der Waals surface area contributed by atoms with Crippen molar-refractivity contribution in [3.8, 4) is 0 Å². The van der Waals surface area contributed by atoms with Crippen LogP contribution in [0.5, 0.6) is 0 Å². The van der Waals surface area contributed by atoms with E-state index >= 15 is 0 Å². The van der Waals surface area contributed by atoms with Crippen LogP contribution in [0.15, 0.2) is 0 Å². The van der Waals surface area contributed by atoms with E-state index in [-0.39, 0.29) is 11.5 Å². The van der Waals surface area contributed by atoms with Gasteiger partial charge in [0.15, 0.2) is 0 Å². The van der Waals surface area contributed by atoms with Crippen LogP contribution < -0.4 is 5.32 Å². The fraction of sp³-hybridized carbons (Fsp3) is 1.00. The van der Waals surface area contributed by atoms with Gasteiger partial charge in [-0.25, -0.2) is 0 Å². The Bertz CT molecular complexity index is 442. The number of nitrogens with zero attached hydrogens (tertiary/aromatic N) is 2. The highest BCUT2D eigenvalue weighted by atomic mass is 32.2. The standard InChI is InChI=1S/C15H31N3O2S/c1-15(2,3)13-8-10-17(12-13)21(19,20)18-9-6-5-7-14(18)11-16-4/h13-14,16H,5-12H2,1-4H3. The molecule has 2 saturated heterocycles. The molecule has 2 rings (SSSR count). The first kappa shape index (κ1) is 17.2. The second-order valence-electron chi connectivity index (χ2n) is 7.54. The normalized spacial score (nSPS) is 29.9. The third-order valence-corrected chi connectivity index (χ3v) is 7.07. The van der Waals surface area contributed by atoms with E-state index in [2.05, 4.69) is 26.1 Å². The topological polar surface area (TPSA) is 52.7 Å². The number of piperidine rings is 1. The van der Waals surface area contributed by atoms with Gasteiger partial charge >= 0.3 is 0 Å². The van der Waals surface area contributed by atoms with Crippen LogP contribution in [0.1, 0.15) is 46.5 Å². The lowest BCUT2D eigenvalue weighted by molar-refractivity contribution is 0.223. The highest BCUT2D eigenvalue weighted by Gasteiger charge is 2.41. The Hall–Kier alpha value is -0.170. The van der Waals surface area contributed by atoms with E-state index < -0.39 is 10.2 Å². The van der Waals surface area contributed by atoms with Gasteiger partial charge in [-0.05, 0) is 37.6 Å². The maximum atomic E-state index is 13.0. The van der Waals surface area contributed by atoms with Crippen LogP contribution in [-0.2, 0) is 10.2 Å². The molecule has 0 aliphatic carbocycles.